The van der Waals surface area contributed by atoms with E-state index in [1.54, 1.807) is 19.4 Å². The van der Waals surface area contributed by atoms with Crippen molar-refractivity contribution < 1.29 is 19.2 Å². The number of pyridine rings is 1. The first kappa shape index (κ1) is 19.1. The molecule has 1 heterocycles. The fourth-order valence-corrected chi connectivity index (χ4v) is 2.95. The molecule has 0 saturated carbocycles. The van der Waals surface area contributed by atoms with Crippen molar-refractivity contribution in [1.82, 2.24) is 4.98 Å². The van der Waals surface area contributed by atoms with Gasteiger partial charge >= 0.3 is 0 Å². The van der Waals surface area contributed by atoms with Crippen LogP contribution < -0.4 is 14.8 Å². The fraction of sp³-hybridized carbons (Fsp3) is 0.190. The highest BCUT2D eigenvalue weighted by Crippen LogP contribution is 2.32. The Labute approximate surface area is 162 Å². The van der Waals surface area contributed by atoms with Gasteiger partial charge in [-0.2, -0.15) is 0 Å². The molecule has 0 bridgehead atoms. The first-order chi connectivity index (χ1) is 13.2. The van der Waals surface area contributed by atoms with E-state index in [-0.39, 0.29) is 12.4 Å². The molecule has 1 aromatic heterocycles. The summed E-state index contributed by atoms with van der Waals surface area (Å²) < 4.78 is 24.7. The van der Waals surface area contributed by atoms with E-state index in [0.29, 0.717) is 28.6 Å². The van der Waals surface area contributed by atoms with Crippen molar-refractivity contribution in [2.75, 3.05) is 7.11 Å². The lowest BCUT2D eigenvalue weighted by Crippen LogP contribution is -2.80. The van der Waals surface area contributed by atoms with E-state index >= 15 is 0 Å². The summed E-state index contributed by atoms with van der Waals surface area (Å²) in [5, 5.41) is 2.49. The number of benzene rings is 2. The van der Waals surface area contributed by atoms with Gasteiger partial charge in [-0.1, -0.05) is 29.8 Å². The maximum atomic E-state index is 13.2. The summed E-state index contributed by atoms with van der Waals surface area (Å²) in [4.78, 5) is 4.33. The largest absolute Gasteiger partial charge is 0.493 e. The molecule has 0 fully saturated rings. The summed E-state index contributed by atoms with van der Waals surface area (Å²) in [6.07, 6.45) is 1.79. The average Bonchev–Trinajstić information content (AvgIpc) is 2.68. The van der Waals surface area contributed by atoms with Crippen LogP contribution in [0.25, 0.3) is 0 Å². The van der Waals surface area contributed by atoms with Crippen LogP contribution in [0, 0.1) is 5.82 Å². The van der Waals surface area contributed by atoms with E-state index in [1.807, 2.05) is 36.4 Å². The van der Waals surface area contributed by atoms with Crippen molar-refractivity contribution in [2.45, 2.75) is 19.7 Å². The molecule has 0 radical (unpaired) electrons. The first-order valence-corrected chi connectivity index (χ1v) is 8.99. The summed E-state index contributed by atoms with van der Waals surface area (Å²) in [5.41, 5.74) is 2.73. The van der Waals surface area contributed by atoms with Crippen molar-refractivity contribution in [2.24, 2.45) is 0 Å². The van der Waals surface area contributed by atoms with Gasteiger partial charge in [0, 0.05) is 11.8 Å². The Balaban J connectivity index is 1.71. The van der Waals surface area contributed by atoms with Crippen LogP contribution >= 0.6 is 11.6 Å². The SMILES string of the molecule is COc1cccc(C[NH2+]Cc2ccccn2)c1OCc1ccc(F)cc1Cl. The molecule has 6 heteroatoms. The zero-order valence-electron chi connectivity index (χ0n) is 15.0. The molecule has 0 atom stereocenters. The Morgan fingerprint density at radius 3 is 2.67 bits per heavy atom. The average molecular weight is 388 g/mol. The number of aromatic nitrogens is 1. The highest BCUT2D eigenvalue weighted by Gasteiger charge is 2.13. The number of nitrogens with two attached hydrogens (primary N) is 1. The van der Waals surface area contributed by atoms with Gasteiger partial charge in [-0.25, -0.2) is 4.39 Å². The molecule has 0 unspecified atom stereocenters. The summed E-state index contributed by atoms with van der Waals surface area (Å²) >= 11 is 6.10. The van der Waals surface area contributed by atoms with Crippen LogP contribution in [0.15, 0.2) is 60.8 Å². The maximum Gasteiger partial charge on any atom is 0.170 e. The summed E-state index contributed by atoms with van der Waals surface area (Å²) in [6.45, 7) is 1.70. The van der Waals surface area contributed by atoms with Crippen LogP contribution in [0.5, 0.6) is 11.5 Å². The third kappa shape index (κ3) is 5.18. The maximum absolute atomic E-state index is 13.2. The van der Waals surface area contributed by atoms with Crippen molar-refractivity contribution in [1.29, 1.82) is 0 Å². The number of ether oxygens (including phenoxy) is 2. The molecule has 4 nitrogen and oxygen atoms in total. The Hall–Kier alpha value is -2.63. The zero-order valence-corrected chi connectivity index (χ0v) is 15.7. The zero-order chi connectivity index (χ0) is 19.1. The molecule has 0 aliphatic rings. The molecule has 0 amide bonds. The third-order valence-electron chi connectivity index (χ3n) is 4.11. The van der Waals surface area contributed by atoms with Crippen molar-refractivity contribution in [3.05, 3.63) is 88.5 Å². The number of halogens is 2. The van der Waals surface area contributed by atoms with Gasteiger partial charge in [-0.3, -0.25) is 4.98 Å². The van der Waals surface area contributed by atoms with E-state index in [4.69, 9.17) is 21.1 Å². The van der Waals surface area contributed by atoms with E-state index in [1.165, 1.54) is 12.1 Å². The Morgan fingerprint density at radius 2 is 1.93 bits per heavy atom. The molecule has 0 spiro atoms. The molecule has 0 aliphatic heterocycles. The topological polar surface area (TPSA) is 48.0 Å². The van der Waals surface area contributed by atoms with Crippen LogP contribution in [0.4, 0.5) is 4.39 Å². The number of rotatable bonds is 8. The lowest BCUT2D eigenvalue weighted by molar-refractivity contribution is -0.686. The van der Waals surface area contributed by atoms with E-state index in [0.717, 1.165) is 17.8 Å². The fourth-order valence-electron chi connectivity index (χ4n) is 2.73. The van der Waals surface area contributed by atoms with E-state index < -0.39 is 0 Å². The second-order valence-electron chi connectivity index (χ2n) is 5.99. The number of methoxy groups -OCH3 is 1. The molecular formula is C21H21ClFN2O2+. The minimum absolute atomic E-state index is 0.229. The molecule has 27 heavy (non-hydrogen) atoms. The molecule has 3 rings (SSSR count). The van der Waals surface area contributed by atoms with Crippen LogP contribution in [0.1, 0.15) is 16.8 Å². The van der Waals surface area contributed by atoms with Gasteiger partial charge in [0.25, 0.3) is 0 Å². The second kappa shape index (κ2) is 9.35. The van der Waals surface area contributed by atoms with Gasteiger partial charge in [-0.15, -0.1) is 0 Å². The van der Waals surface area contributed by atoms with Crippen LogP contribution in [-0.2, 0) is 19.7 Å². The predicted octanol–water partition coefficient (Wildman–Crippen LogP) is 3.73. The van der Waals surface area contributed by atoms with Gasteiger partial charge < -0.3 is 14.8 Å². The lowest BCUT2D eigenvalue weighted by Gasteiger charge is -2.15. The van der Waals surface area contributed by atoms with Crippen molar-refractivity contribution >= 4 is 11.6 Å². The number of para-hydroxylation sites is 1. The van der Waals surface area contributed by atoms with Crippen LogP contribution in [0.2, 0.25) is 5.02 Å². The van der Waals surface area contributed by atoms with Crippen molar-refractivity contribution in [3.8, 4) is 11.5 Å². The highest BCUT2D eigenvalue weighted by atomic mass is 35.5. The normalized spacial score (nSPS) is 10.6. The standard InChI is InChI=1S/C21H20ClFN2O2/c1-26-20-7-4-5-15(12-24-13-18-6-2-3-10-25-18)21(20)27-14-16-8-9-17(23)11-19(16)22/h2-11,24H,12-14H2,1H3/p+1. The van der Waals surface area contributed by atoms with E-state index in [9.17, 15) is 4.39 Å². The number of nitrogens with zero attached hydrogens (tertiary/aromatic N) is 1. The highest BCUT2D eigenvalue weighted by molar-refractivity contribution is 6.31. The predicted molar refractivity (Wildman–Crippen MR) is 102 cm³/mol. The number of quaternary nitrogens is 1. The Morgan fingerprint density at radius 1 is 1.04 bits per heavy atom. The minimum atomic E-state index is -0.370. The van der Waals surface area contributed by atoms with Crippen LogP contribution in [-0.4, -0.2) is 12.1 Å². The summed E-state index contributed by atoms with van der Waals surface area (Å²) in [5.74, 6) is 0.945. The Kier molecular flexibility index (Phi) is 6.63. The Bertz CT molecular complexity index is 891. The monoisotopic (exact) mass is 387 g/mol. The summed E-state index contributed by atoms with van der Waals surface area (Å²) in [6, 6.07) is 15.9. The number of hydrogen-bond donors (Lipinski definition) is 1. The molecular weight excluding hydrogens is 367 g/mol. The van der Waals surface area contributed by atoms with Gasteiger partial charge in [0.2, 0.25) is 0 Å². The van der Waals surface area contributed by atoms with Gasteiger partial charge in [0.1, 0.15) is 25.5 Å². The van der Waals surface area contributed by atoms with Gasteiger partial charge in [0.15, 0.2) is 11.5 Å². The number of hydrogen-bond acceptors (Lipinski definition) is 3. The smallest absolute Gasteiger partial charge is 0.170 e. The van der Waals surface area contributed by atoms with Gasteiger partial charge in [0.05, 0.1) is 23.4 Å². The molecule has 2 aromatic carbocycles. The van der Waals surface area contributed by atoms with Gasteiger partial charge in [-0.05, 0) is 36.4 Å². The first-order valence-electron chi connectivity index (χ1n) is 8.61. The van der Waals surface area contributed by atoms with Crippen LogP contribution in [0.3, 0.4) is 0 Å². The van der Waals surface area contributed by atoms with Crippen molar-refractivity contribution in [3.63, 3.8) is 0 Å². The third-order valence-corrected chi connectivity index (χ3v) is 4.46. The second-order valence-corrected chi connectivity index (χ2v) is 6.40. The molecule has 3 aromatic rings. The quantitative estimate of drug-likeness (QED) is 0.640. The van der Waals surface area contributed by atoms with E-state index in [2.05, 4.69) is 10.3 Å². The lowest BCUT2D eigenvalue weighted by atomic mass is 10.1. The molecule has 0 aliphatic carbocycles. The minimum Gasteiger partial charge on any atom is -0.493 e. The molecule has 140 valence electrons. The summed E-state index contributed by atoms with van der Waals surface area (Å²) in [7, 11) is 1.61. The molecule has 0 saturated heterocycles. The molecule has 2 N–H and O–H groups in total.